The summed E-state index contributed by atoms with van der Waals surface area (Å²) < 4.78 is 1.55. The van der Waals surface area contributed by atoms with Gasteiger partial charge in [0, 0.05) is 18.2 Å². The number of benzene rings is 1. The molecule has 8 heteroatoms. The molecular weight excluding hydrogens is 292 g/mol. The highest BCUT2D eigenvalue weighted by Crippen LogP contribution is 2.15. The summed E-state index contributed by atoms with van der Waals surface area (Å²) >= 11 is 0. The molecule has 1 aromatic carbocycles. The molecule has 2 N–H and O–H groups in total. The first-order chi connectivity index (χ1) is 9.81. The predicted octanol–water partition coefficient (Wildman–Crippen LogP) is 1.16. The van der Waals surface area contributed by atoms with Crippen molar-refractivity contribution in [3.63, 3.8) is 0 Å². The van der Waals surface area contributed by atoms with Crippen molar-refractivity contribution in [1.29, 1.82) is 0 Å². The summed E-state index contributed by atoms with van der Waals surface area (Å²) in [6, 6.07) is 7.74. The second kappa shape index (κ2) is 7.14. The van der Waals surface area contributed by atoms with Gasteiger partial charge in [-0.15, -0.1) is 17.5 Å². The number of amides is 1. The second-order valence-electron chi connectivity index (χ2n) is 4.85. The summed E-state index contributed by atoms with van der Waals surface area (Å²) in [6.07, 6.45) is 4.24. The fourth-order valence-electron chi connectivity index (χ4n) is 2.37. The van der Waals surface area contributed by atoms with Crippen molar-refractivity contribution in [3.8, 4) is 5.69 Å². The molecule has 1 saturated heterocycles. The van der Waals surface area contributed by atoms with Crippen molar-refractivity contribution in [2.24, 2.45) is 0 Å². The average molecular weight is 309 g/mol. The Balaban J connectivity index is 0.00000161. The molecule has 1 aliphatic heterocycles. The highest BCUT2D eigenvalue weighted by molar-refractivity contribution is 5.91. The number of anilines is 1. The van der Waals surface area contributed by atoms with Gasteiger partial charge in [0.05, 0.1) is 5.69 Å². The molecule has 21 heavy (non-hydrogen) atoms. The lowest BCUT2D eigenvalue weighted by Gasteiger charge is -2.11. The smallest absolute Gasteiger partial charge is 0.225 e. The van der Waals surface area contributed by atoms with Crippen LogP contribution >= 0.6 is 12.4 Å². The Morgan fingerprint density at radius 3 is 3.10 bits per heavy atom. The first-order valence-corrected chi connectivity index (χ1v) is 6.68. The largest absolute Gasteiger partial charge is 0.326 e. The van der Waals surface area contributed by atoms with Gasteiger partial charge in [-0.05, 0) is 48.0 Å². The van der Waals surface area contributed by atoms with Gasteiger partial charge >= 0.3 is 0 Å². The summed E-state index contributed by atoms with van der Waals surface area (Å²) in [4.78, 5) is 12.0. The van der Waals surface area contributed by atoms with E-state index in [0.29, 0.717) is 12.5 Å². The fourth-order valence-corrected chi connectivity index (χ4v) is 2.37. The molecule has 0 spiro atoms. The van der Waals surface area contributed by atoms with Crippen LogP contribution in [-0.4, -0.2) is 38.7 Å². The molecule has 1 aliphatic rings. The highest BCUT2D eigenvalue weighted by Gasteiger charge is 2.17. The lowest BCUT2D eigenvalue weighted by atomic mass is 10.1. The van der Waals surface area contributed by atoms with E-state index in [1.165, 1.54) is 6.33 Å². The van der Waals surface area contributed by atoms with Crippen LogP contribution in [0.1, 0.15) is 19.3 Å². The van der Waals surface area contributed by atoms with Crippen molar-refractivity contribution in [2.45, 2.75) is 25.3 Å². The van der Waals surface area contributed by atoms with E-state index in [2.05, 4.69) is 26.2 Å². The number of carbonyl (C=O) groups is 1. The summed E-state index contributed by atoms with van der Waals surface area (Å²) in [6.45, 7) is 1.01. The number of nitrogens with one attached hydrogen (secondary N) is 2. The average Bonchev–Trinajstić information content (AvgIpc) is 3.11. The quantitative estimate of drug-likeness (QED) is 0.885. The monoisotopic (exact) mass is 308 g/mol. The summed E-state index contributed by atoms with van der Waals surface area (Å²) in [5.41, 5.74) is 1.56. The second-order valence-corrected chi connectivity index (χ2v) is 4.85. The van der Waals surface area contributed by atoms with Crippen molar-refractivity contribution < 1.29 is 4.79 Å². The van der Waals surface area contributed by atoms with Gasteiger partial charge in [-0.25, -0.2) is 4.68 Å². The molecule has 1 amide bonds. The van der Waals surface area contributed by atoms with Gasteiger partial charge in [0.2, 0.25) is 5.91 Å². The van der Waals surface area contributed by atoms with Crippen LogP contribution in [0.25, 0.3) is 5.69 Å². The maximum absolute atomic E-state index is 12.0. The first-order valence-electron chi connectivity index (χ1n) is 6.68. The molecule has 0 bridgehead atoms. The number of halogens is 1. The Kier molecular flexibility index (Phi) is 5.24. The lowest BCUT2D eigenvalue weighted by molar-refractivity contribution is -0.116. The van der Waals surface area contributed by atoms with Gasteiger partial charge in [0.25, 0.3) is 0 Å². The van der Waals surface area contributed by atoms with E-state index in [-0.39, 0.29) is 18.3 Å². The Hall–Kier alpha value is -1.99. The topological polar surface area (TPSA) is 84.7 Å². The molecular formula is C13H17ClN6O. The predicted molar refractivity (Wildman–Crippen MR) is 80.7 cm³/mol. The zero-order valence-corrected chi connectivity index (χ0v) is 12.2. The number of rotatable bonds is 4. The number of hydrogen-bond acceptors (Lipinski definition) is 5. The highest BCUT2D eigenvalue weighted by atomic mass is 35.5. The van der Waals surface area contributed by atoms with Gasteiger partial charge in [0.15, 0.2) is 0 Å². The van der Waals surface area contributed by atoms with Gasteiger partial charge in [0.1, 0.15) is 6.33 Å². The Bertz CT molecular complexity index is 582. The standard InChI is InChI=1S/C13H16N6O.ClH/c20-13(8-10-4-2-6-14-10)16-11-3-1-5-12(7-11)19-9-15-17-18-19;/h1,3,5,7,9-10,14H,2,4,6,8H2,(H,16,20);1H. The zero-order chi connectivity index (χ0) is 13.8. The molecule has 7 nitrogen and oxygen atoms in total. The third kappa shape index (κ3) is 3.99. The Morgan fingerprint density at radius 2 is 2.38 bits per heavy atom. The number of tetrazole rings is 1. The van der Waals surface area contributed by atoms with Crippen molar-refractivity contribution in [3.05, 3.63) is 30.6 Å². The first kappa shape index (κ1) is 15.4. The number of carbonyl (C=O) groups excluding carboxylic acids is 1. The minimum atomic E-state index is 0. The van der Waals surface area contributed by atoms with Crippen LogP contribution in [0.5, 0.6) is 0 Å². The van der Waals surface area contributed by atoms with Crippen molar-refractivity contribution in [1.82, 2.24) is 25.5 Å². The molecule has 0 aliphatic carbocycles. The minimum Gasteiger partial charge on any atom is -0.326 e. The van der Waals surface area contributed by atoms with Crippen LogP contribution in [0.2, 0.25) is 0 Å². The van der Waals surface area contributed by atoms with Crippen LogP contribution in [-0.2, 0) is 4.79 Å². The van der Waals surface area contributed by atoms with Gasteiger partial charge in [-0.1, -0.05) is 6.07 Å². The van der Waals surface area contributed by atoms with E-state index in [4.69, 9.17) is 0 Å². The van der Waals surface area contributed by atoms with E-state index < -0.39 is 0 Å². The van der Waals surface area contributed by atoms with E-state index in [1.54, 1.807) is 4.68 Å². The maximum atomic E-state index is 12.0. The van der Waals surface area contributed by atoms with Gasteiger partial charge in [-0.3, -0.25) is 4.79 Å². The Morgan fingerprint density at radius 1 is 1.48 bits per heavy atom. The number of hydrogen-bond donors (Lipinski definition) is 2. The summed E-state index contributed by atoms with van der Waals surface area (Å²) in [5.74, 6) is 0.0262. The van der Waals surface area contributed by atoms with Gasteiger partial charge < -0.3 is 10.6 Å². The molecule has 2 heterocycles. The minimum absolute atomic E-state index is 0. The maximum Gasteiger partial charge on any atom is 0.225 e. The lowest BCUT2D eigenvalue weighted by Crippen LogP contribution is -2.27. The molecule has 1 fully saturated rings. The molecule has 112 valence electrons. The van der Waals surface area contributed by atoms with E-state index in [1.807, 2.05) is 24.3 Å². The molecule has 3 rings (SSSR count). The Labute approximate surface area is 128 Å². The third-order valence-electron chi connectivity index (χ3n) is 3.34. The number of aromatic nitrogens is 4. The van der Waals surface area contributed by atoms with Gasteiger partial charge in [-0.2, -0.15) is 0 Å². The normalized spacial score (nSPS) is 17.2. The van der Waals surface area contributed by atoms with Crippen LogP contribution in [0.3, 0.4) is 0 Å². The van der Waals surface area contributed by atoms with E-state index in [9.17, 15) is 4.79 Å². The van der Waals surface area contributed by atoms with E-state index >= 15 is 0 Å². The number of nitrogens with zero attached hydrogens (tertiary/aromatic N) is 4. The molecule has 2 aromatic rings. The fraction of sp³-hybridized carbons (Fsp3) is 0.385. The summed E-state index contributed by atoms with van der Waals surface area (Å²) in [7, 11) is 0. The van der Waals surface area contributed by atoms with Crippen LogP contribution in [0, 0.1) is 0 Å². The van der Waals surface area contributed by atoms with Crippen molar-refractivity contribution in [2.75, 3.05) is 11.9 Å². The SMILES string of the molecule is Cl.O=C(CC1CCCN1)Nc1cccc(-n2cnnn2)c1. The molecule has 1 aromatic heterocycles. The van der Waals surface area contributed by atoms with Crippen LogP contribution < -0.4 is 10.6 Å². The van der Waals surface area contributed by atoms with Crippen LogP contribution in [0.15, 0.2) is 30.6 Å². The molecule has 0 saturated carbocycles. The van der Waals surface area contributed by atoms with Crippen LogP contribution in [0.4, 0.5) is 5.69 Å². The molecule has 1 unspecified atom stereocenters. The third-order valence-corrected chi connectivity index (χ3v) is 3.34. The summed E-state index contributed by atoms with van der Waals surface area (Å²) in [5, 5.41) is 17.2. The molecule has 1 atom stereocenters. The van der Waals surface area contributed by atoms with E-state index in [0.717, 1.165) is 30.8 Å². The van der Waals surface area contributed by atoms with Crippen molar-refractivity contribution >= 4 is 24.0 Å². The zero-order valence-electron chi connectivity index (χ0n) is 11.4. The molecule has 0 radical (unpaired) electrons.